The van der Waals surface area contributed by atoms with Crippen molar-refractivity contribution < 1.29 is 9.53 Å². The van der Waals surface area contributed by atoms with E-state index in [1.807, 2.05) is 23.7 Å². The van der Waals surface area contributed by atoms with Gasteiger partial charge in [0.2, 0.25) is 0 Å². The van der Waals surface area contributed by atoms with Gasteiger partial charge in [-0.15, -0.1) is 0 Å². The smallest absolute Gasteiger partial charge is 0.255 e. The SMILES string of the molecule is CCn1ncc2c(NC3CCOCC3)c(C(=O)NCc3cccnc3)cnc21. The van der Waals surface area contributed by atoms with Crippen molar-refractivity contribution in [3.8, 4) is 0 Å². The number of aryl methyl sites for hydroxylation is 1. The molecule has 1 aliphatic rings. The second-order valence-electron chi connectivity index (χ2n) is 6.82. The number of nitrogens with zero attached hydrogens (tertiary/aromatic N) is 4. The number of fused-ring (bicyclic) bond motifs is 1. The summed E-state index contributed by atoms with van der Waals surface area (Å²) >= 11 is 0. The van der Waals surface area contributed by atoms with E-state index in [1.165, 1.54) is 0 Å². The average Bonchev–Trinajstić information content (AvgIpc) is 3.17. The summed E-state index contributed by atoms with van der Waals surface area (Å²) < 4.78 is 7.29. The van der Waals surface area contributed by atoms with E-state index >= 15 is 0 Å². The van der Waals surface area contributed by atoms with Crippen LogP contribution in [0, 0.1) is 0 Å². The van der Waals surface area contributed by atoms with Gasteiger partial charge >= 0.3 is 0 Å². The highest BCUT2D eigenvalue weighted by molar-refractivity contribution is 6.06. The largest absolute Gasteiger partial charge is 0.381 e. The first-order chi connectivity index (χ1) is 13.8. The molecular weight excluding hydrogens is 356 g/mol. The predicted molar refractivity (Wildman–Crippen MR) is 106 cm³/mol. The Morgan fingerprint density at radius 1 is 1.29 bits per heavy atom. The molecule has 0 unspecified atom stereocenters. The lowest BCUT2D eigenvalue weighted by Crippen LogP contribution is -2.30. The fourth-order valence-corrected chi connectivity index (χ4v) is 3.41. The fourth-order valence-electron chi connectivity index (χ4n) is 3.41. The van der Waals surface area contributed by atoms with Gasteiger partial charge in [-0.25, -0.2) is 9.67 Å². The summed E-state index contributed by atoms with van der Waals surface area (Å²) in [4.78, 5) is 21.5. The molecule has 0 saturated carbocycles. The van der Waals surface area contributed by atoms with Crippen molar-refractivity contribution in [3.63, 3.8) is 0 Å². The molecule has 1 saturated heterocycles. The van der Waals surface area contributed by atoms with Crippen LogP contribution < -0.4 is 10.6 Å². The van der Waals surface area contributed by atoms with Crippen LogP contribution in [-0.4, -0.2) is 44.9 Å². The highest BCUT2D eigenvalue weighted by Gasteiger charge is 2.22. The Morgan fingerprint density at radius 3 is 2.89 bits per heavy atom. The van der Waals surface area contributed by atoms with Gasteiger partial charge in [0.15, 0.2) is 5.65 Å². The van der Waals surface area contributed by atoms with Crippen molar-refractivity contribution >= 4 is 22.6 Å². The summed E-state index contributed by atoms with van der Waals surface area (Å²) in [6, 6.07) is 4.04. The molecule has 0 radical (unpaired) electrons. The monoisotopic (exact) mass is 380 g/mol. The molecule has 1 aliphatic heterocycles. The second-order valence-corrected chi connectivity index (χ2v) is 6.82. The Bertz CT molecular complexity index is 950. The van der Waals surface area contributed by atoms with Crippen LogP contribution in [0.15, 0.2) is 36.9 Å². The molecule has 0 aliphatic carbocycles. The van der Waals surface area contributed by atoms with Gasteiger partial charge in [-0.05, 0) is 31.4 Å². The van der Waals surface area contributed by atoms with Crippen LogP contribution in [0.2, 0.25) is 0 Å². The van der Waals surface area contributed by atoms with E-state index in [0.29, 0.717) is 12.1 Å². The van der Waals surface area contributed by atoms with Crippen molar-refractivity contribution in [3.05, 3.63) is 48.0 Å². The second kappa shape index (κ2) is 8.35. The number of anilines is 1. The van der Waals surface area contributed by atoms with Gasteiger partial charge in [0.05, 0.1) is 22.8 Å². The summed E-state index contributed by atoms with van der Waals surface area (Å²) in [7, 11) is 0. The van der Waals surface area contributed by atoms with Crippen LogP contribution in [0.5, 0.6) is 0 Å². The minimum Gasteiger partial charge on any atom is -0.381 e. The van der Waals surface area contributed by atoms with E-state index in [1.54, 1.807) is 24.8 Å². The minimum absolute atomic E-state index is 0.169. The molecule has 1 fully saturated rings. The Labute approximate surface area is 163 Å². The maximum absolute atomic E-state index is 12.9. The lowest BCUT2D eigenvalue weighted by Gasteiger charge is -2.25. The highest BCUT2D eigenvalue weighted by atomic mass is 16.5. The summed E-state index contributed by atoms with van der Waals surface area (Å²) in [5, 5.41) is 11.8. The molecule has 0 aromatic carbocycles. The van der Waals surface area contributed by atoms with Gasteiger partial charge in [-0.2, -0.15) is 5.10 Å². The topological polar surface area (TPSA) is 94.0 Å². The number of carbonyl (C=O) groups excluding carboxylic acids is 1. The Kier molecular flexibility index (Phi) is 5.48. The molecule has 4 rings (SSSR count). The minimum atomic E-state index is -0.169. The number of nitrogens with one attached hydrogen (secondary N) is 2. The molecule has 146 valence electrons. The summed E-state index contributed by atoms with van der Waals surface area (Å²) in [5.41, 5.74) is 3.04. The number of pyridine rings is 2. The molecule has 3 aromatic heterocycles. The van der Waals surface area contributed by atoms with Crippen molar-refractivity contribution in [2.24, 2.45) is 0 Å². The third kappa shape index (κ3) is 3.82. The molecule has 4 heterocycles. The molecule has 2 N–H and O–H groups in total. The van der Waals surface area contributed by atoms with Crippen LogP contribution in [0.3, 0.4) is 0 Å². The van der Waals surface area contributed by atoms with Crippen LogP contribution in [-0.2, 0) is 17.8 Å². The zero-order chi connectivity index (χ0) is 19.3. The molecule has 28 heavy (non-hydrogen) atoms. The molecule has 8 nitrogen and oxygen atoms in total. The number of ether oxygens (including phenoxy) is 1. The first-order valence-electron chi connectivity index (χ1n) is 9.62. The van der Waals surface area contributed by atoms with Gasteiger partial charge in [-0.3, -0.25) is 9.78 Å². The van der Waals surface area contributed by atoms with Crippen LogP contribution >= 0.6 is 0 Å². The lowest BCUT2D eigenvalue weighted by molar-refractivity contribution is 0.0904. The Balaban J connectivity index is 1.63. The molecule has 0 bridgehead atoms. The van der Waals surface area contributed by atoms with Crippen molar-refractivity contribution in [1.82, 2.24) is 25.1 Å². The number of amides is 1. The van der Waals surface area contributed by atoms with Gasteiger partial charge < -0.3 is 15.4 Å². The highest BCUT2D eigenvalue weighted by Crippen LogP contribution is 2.28. The zero-order valence-electron chi connectivity index (χ0n) is 15.9. The van der Waals surface area contributed by atoms with E-state index in [2.05, 4.69) is 25.7 Å². The number of hydrogen-bond acceptors (Lipinski definition) is 6. The third-order valence-corrected chi connectivity index (χ3v) is 4.96. The predicted octanol–water partition coefficient (Wildman–Crippen LogP) is 2.37. The maximum Gasteiger partial charge on any atom is 0.255 e. The normalized spacial score (nSPS) is 14.9. The number of carbonyl (C=O) groups is 1. The van der Waals surface area contributed by atoms with E-state index in [0.717, 1.165) is 54.9 Å². The summed E-state index contributed by atoms with van der Waals surface area (Å²) in [6.07, 6.45) is 8.69. The number of aromatic nitrogens is 4. The van der Waals surface area contributed by atoms with E-state index in [-0.39, 0.29) is 11.9 Å². The third-order valence-electron chi connectivity index (χ3n) is 4.96. The van der Waals surface area contributed by atoms with E-state index < -0.39 is 0 Å². The van der Waals surface area contributed by atoms with Crippen LogP contribution in [0.1, 0.15) is 35.7 Å². The van der Waals surface area contributed by atoms with Gasteiger partial charge in [0.25, 0.3) is 5.91 Å². The van der Waals surface area contributed by atoms with Gasteiger partial charge in [0, 0.05) is 50.9 Å². The van der Waals surface area contributed by atoms with Crippen molar-refractivity contribution in [2.45, 2.75) is 38.9 Å². The summed E-state index contributed by atoms with van der Waals surface area (Å²) in [6.45, 7) is 4.61. The van der Waals surface area contributed by atoms with Crippen molar-refractivity contribution in [2.75, 3.05) is 18.5 Å². The first-order valence-corrected chi connectivity index (χ1v) is 9.62. The lowest BCUT2D eigenvalue weighted by atomic mass is 10.1. The average molecular weight is 380 g/mol. The van der Waals surface area contributed by atoms with E-state index in [9.17, 15) is 4.79 Å². The van der Waals surface area contributed by atoms with Crippen molar-refractivity contribution in [1.29, 1.82) is 0 Å². The number of rotatable bonds is 6. The van der Waals surface area contributed by atoms with Gasteiger partial charge in [0.1, 0.15) is 0 Å². The molecule has 0 atom stereocenters. The van der Waals surface area contributed by atoms with E-state index in [4.69, 9.17) is 4.74 Å². The van der Waals surface area contributed by atoms with Gasteiger partial charge in [-0.1, -0.05) is 6.07 Å². The molecule has 8 heteroatoms. The Morgan fingerprint density at radius 2 is 2.14 bits per heavy atom. The molecule has 3 aromatic rings. The fraction of sp³-hybridized carbons (Fsp3) is 0.400. The quantitative estimate of drug-likeness (QED) is 0.682. The molecular formula is C20H24N6O2. The number of hydrogen-bond donors (Lipinski definition) is 2. The van der Waals surface area contributed by atoms with Crippen LogP contribution in [0.4, 0.5) is 5.69 Å². The maximum atomic E-state index is 12.9. The zero-order valence-corrected chi connectivity index (χ0v) is 15.9. The Hall–Kier alpha value is -3.00. The molecule has 1 amide bonds. The van der Waals surface area contributed by atoms with Crippen LogP contribution in [0.25, 0.3) is 11.0 Å². The standard InChI is InChI=1S/C20H24N6O2/c1-2-26-19-16(13-24-26)18(25-15-5-8-28-9-6-15)17(12-22-19)20(27)23-11-14-4-3-7-21-10-14/h3-4,7,10,12-13,15H,2,5-6,8-9,11H2,1H3,(H,22,25)(H,23,27). The first kappa shape index (κ1) is 18.4. The molecule has 0 spiro atoms. The summed E-state index contributed by atoms with van der Waals surface area (Å²) in [5.74, 6) is -0.169.